The number of hydrogen-bond acceptors (Lipinski definition) is 8. The molecule has 5 rings (SSSR count). The number of nitrogens with two attached hydrogens (primary N) is 1. The maximum atomic E-state index is 12.4. The van der Waals surface area contributed by atoms with Gasteiger partial charge in [-0.05, 0) is 50.4 Å². The molecule has 190 valence electrons. The summed E-state index contributed by atoms with van der Waals surface area (Å²) >= 11 is 0. The minimum atomic E-state index is -0.0519. The highest BCUT2D eigenvalue weighted by atomic mass is 16.5. The smallest absolute Gasteiger partial charge is 0.321 e. The first-order chi connectivity index (χ1) is 18.0. The predicted molar refractivity (Wildman–Crippen MR) is 142 cm³/mol. The fourth-order valence-corrected chi connectivity index (χ4v) is 4.90. The van der Waals surface area contributed by atoms with Crippen LogP contribution in [0.25, 0.3) is 22.2 Å². The number of ether oxygens (including phenoxy) is 1. The van der Waals surface area contributed by atoms with Crippen molar-refractivity contribution in [2.75, 3.05) is 39.5 Å². The summed E-state index contributed by atoms with van der Waals surface area (Å²) in [5.74, 6) is 1.12. The second-order valence-electron chi connectivity index (χ2n) is 9.30. The fraction of sp³-hybridized carbons (Fsp3) is 0.296. The molecule has 1 fully saturated rings. The van der Waals surface area contributed by atoms with Crippen molar-refractivity contribution in [3.8, 4) is 22.9 Å². The number of hydrogen-bond donors (Lipinski definition) is 1. The lowest BCUT2D eigenvalue weighted by atomic mass is 9.94. The standard InChI is InChI=1S/C27H30N8O2/c1-4-21(36)34-13-10-19(16-34)24-22(18-6-8-20(9-7-18)37-27-29-11-5-12-30-27)23-25(28)31-17-32-26(23)35(24)15-14-33(2)3/h4-9,11-12,17,19H,1,10,13-16H2,2-3H3,(H2,28,31,32). The monoisotopic (exact) mass is 498 g/mol. The van der Waals surface area contributed by atoms with Crippen LogP contribution in [-0.4, -0.2) is 73.9 Å². The van der Waals surface area contributed by atoms with Crippen molar-refractivity contribution in [2.24, 2.45) is 0 Å². The van der Waals surface area contributed by atoms with E-state index in [-0.39, 0.29) is 17.8 Å². The molecule has 10 nitrogen and oxygen atoms in total. The molecule has 1 aromatic carbocycles. The molecule has 0 spiro atoms. The van der Waals surface area contributed by atoms with Crippen LogP contribution in [-0.2, 0) is 11.3 Å². The third-order valence-electron chi connectivity index (χ3n) is 6.64. The SMILES string of the molecule is C=CC(=O)N1CCC(c2c(-c3ccc(Oc4ncccn4)cc3)c3c(N)ncnc3n2CCN(C)C)C1. The second kappa shape index (κ2) is 10.4. The largest absolute Gasteiger partial charge is 0.424 e. The van der Waals surface area contributed by atoms with E-state index < -0.39 is 0 Å². The van der Waals surface area contributed by atoms with E-state index in [1.807, 2.05) is 43.3 Å². The van der Waals surface area contributed by atoms with Crippen molar-refractivity contribution < 1.29 is 9.53 Å². The van der Waals surface area contributed by atoms with Gasteiger partial charge in [-0.3, -0.25) is 4.79 Å². The van der Waals surface area contributed by atoms with Gasteiger partial charge in [-0.1, -0.05) is 18.7 Å². The molecule has 1 aliphatic rings. The van der Waals surface area contributed by atoms with Gasteiger partial charge < -0.3 is 24.8 Å². The third-order valence-corrected chi connectivity index (χ3v) is 6.64. The minimum Gasteiger partial charge on any atom is -0.424 e. The zero-order valence-electron chi connectivity index (χ0n) is 21.0. The number of carbonyl (C=O) groups excluding carboxylic acids is 1. The molecule has 1 atom stereocenters. The number of anilines is 1. The topological polar surface area (TPSA) is 115 Å². The third kappa shape index (κ3) is 4.88. The highest BCUT2D eigenvalue weighted by Gasteiger charge is 2.33. The van der Waals surface area contributed by atoms with E-state index in [1.54, 1.807) is 18.5 Å². The number of aromatic nitrogens is 5. The summed E-state index contributed by atoms with van der Waals surface area (Å²) in [4.78, 5) is 33.6. The van der Waals surface area contributed by atoms with Crippen LogP contribution in [0.15, 0.2) is 61.7 Å². The van der Waals surface area contributed by atoms with E-state index in [1.165, 1.54) is 12.4 Å². The lowest BCUT2D eigenvalue weighted by Gasteiger charge is -2.20. The average molecular weight is 499 g/mol. The molecule has 0 bridgehead atoms. The molecule has 37 heavy (non-hydrogen) atoms. The molecule has 3 aromatic heterocycles. The highest BCUT2D eigenvalue weighted by molar-refractivity contribution is 6.02. The molecule has 0 saturated carbocycles. The molecular weight excluding hydrogens is 468 g/mol. The van der Waals surface area contributed by atoms with Gasteiger partial charge in [-0.25, -0.2) is 19.9 Å². The Balaban J connectivity index is 1.62. The van der Waals surface area contributed by atoms with E-state index in [4.69, 9.17) is 10.5 Å². The summed E-state index contributed by atoms with van der Waals surface area (Å²) < 4.78 is 8.04. The Hall–Kier alpha value is -4.31. The first-order valence-electron chi connectivity index (χ1n) is 12.2. The quantitative estimate of drug-likeness (QED) is 0.368. The minimum absolute atomic E-state index is 0.0519. The molecule has 1 unspecified atom stereocenters. The molecule has 4 heterocycles. The van der Waals surface area contributed by atoms with E-state index in [9.17, 15) is 4.79 Å². The molecule has 2 N–H and O–H groups in total. The Bertz CT molecular complexity index is 1420. The van der Waals surface area contributed by atoms with E-state index in [0.717, 1.165) is 47.4 Å². The van der Waals surface area contributed by atoms with Gasteiger partial charge in [0.05, 0.1) is 5.39 Å². The van der Waals surface area contributed by atoms with E-state index in [2.05, 4.69) is 36.0 Å². The Labute approximate surface area is 215 Å². The van der Waals surface area contributed by atoms with Crippen LogP contribution in [0.4, 0.5) is 5.82 Å². The first kappa shape index (κ1) is 24.4. The number of likely N-dealkylation sites (tertiary alicyclic amines) is 1. The molecule has 1 saturated heterocycles. The molecule has 10 heteroatoms. The number of amides is 1. The molecule has 0 radical (unpaired) electrons. The van der Waals surface area contributed by atoms with Gasteiger partial charge in [-0.2, -0.15) is 0 Å². The number of rotatable bonds is 8. The molecule has 4 aromatic rings. The van der Waals surface area contributed by atoms with Crippen LogP contribution < -0.4 is 10.5 Å². The van der Waals surface area contributed by atoms with Crippen LogP contribution in [0, 0.1) is 0 Å². The maximum Gasteiger partial charge on any atom is 0.321 e. The number of benzene rings is 1. The van der Waals surface area contributed by atoms with Crippen molar-refractivity contribution in [1.82, 2.24) is 34.3 Å². The number of carbonyl (C=O) groups is 1. The Morgan fingerprint density at radius 2 is 1.95 bits per heavy atom. The van der Waals surface area contributed by atoms with Crippen molar-refractivity contribution in [1.29, 1.82) is 0 Å². The zero-order chi connectivity index (χ0) is 25.9. The van der Waals surface area contributed by atoms with Crippen molar-refractivity contribution in [3.05, 3.63) is 67.4 Å². The van der Waals surface area contributed by atoms with Gasteiger partial charge in [0.2, 0.25) is 5.91 Å². The van der Waals surface area contributed by atoms with Crippen molar-refractivity contribution >= 4 is 22.8 Å². The van der Waals surface area contributed by atoms with Gasteiger partial charge in [0.25, 0.3) is 0 Å². The fourth-order valence-electron chi connectivity index (χ4n) is 4.90. The second-order valence-corrected chi connectivity index (χ2v) is 9.30. The van der Waals surface area contributed by atoms with E-state index >= 15 is 0 Å². The van der Waals surface area contributed by atoms with Crippen molar-refractivity contribution in [3.63, 3.8) is 0 Å². The lowest BCUT2D eigenvalue weighted by Crippen LogP contribution is -2.27. The summed E-state index contributed by atoms with van der Waals surface area (Å²) in [5, 5.41) is 0.824. The lowest BCUT2D eigenvalue weighted by molar-refractivity contribution is -0.125. The summed E-state index contributed by atoms with van der Waals surface area (Å²) in [6.45, 7) is 6.50. The molecule has 0 aliphatic carbocycles. The van der Waals surface area contributed by atoms with Gasteiger partial charge in [0.15, 0.2) is 0 Å². The number of likely N-dealkylation sites (N-methyl/N-ethyl adjacent to an activating group) is 1. The summed E-state index contributed by atoms with van der Waals surface area (Å²) in [6, 6.07) is 9.80. The number of nitrogens with zero attached hydrogens (tertiary/aromatic N) is 7. The number of nitrogen functional groups attached to an aromatic ring is 1. The van der Waals surface area contributed by atoms with Crippen LogP contribution in [0.1, 0.15) is 18.0 Å². The van der Waals surface area contributed by atoms with Crippen LogP contribution in [0.2, 0.25) is 0 Å². The summed E-state index contributed by atoms with van der Waals surface area (Å²) in [6.07, 6.45) is 7.00. The van der Waals surface area contributed by atoms with E-state index in [0.29, 0.717) is 24.7 Å². The van der Waals surface area contributed by atoms with Gasteiger partial charge in [0, 0.05) is 55.7 Å². The van der Waals surface area contributed by atoms with Crippen LogP contribution >= 0.6 is 0 Å². The Morgan fingerprint density at radius 3 is 2.65 bits per heavy atom. The molecule has 1 aliphatic heterocycles. The Kier molecular flexibility index (Phi) is 6.82. The highest BCUT2D eigenvalue weighted by Crippen LogP contribution is 2.43. The average Bonchev–Trinajstić information content (AvgIpc) is 3.52. The van der Waals surface area contributed by atoms with Gasteiger partial charge >= 0.3 is 6.01 Å². The predicted octanol–water partition coefficient (Wildman–Crippen LogP) is 3.33. The summed E-state index contributed by atoms with van der Waals surface area (Å²) in [5.41, 5.74) is 10.3. The van der Waals surface area contributed by atoms with Crippen molar-refractivity contribution in [2.45, 2.75) is 18.9 Å². The first-order valence-corrected chi connectivity index (χ1v) is 12.2. The Morgan fingerprint density at radius 1 is 1.19 bits per heavy atom. The maximum absolute atomic E-state index is 12.4. The summed E-state index contributed by atoms with van der Waals surface area (Å²) in [7, 11) is 4.09. The van der Waals surface area contributed by atoms with Crippen LogP contribution in [0.3, 0.4) is 0 Å². The van der Waals surface area contributed by atoms with Crippen LogP contribution in [0.5, 0.6) is 11.8 Å². The van der Waals surface area contributed by atoms with Gasteiger partial charge in [-0.15, -0.1) is 0 Å². The zero-order valence-corrected chi connectivity index (χ0v) is 21.0. The number of fused-ring (bicyclic) bond motifs is 1. The molecular formula is C27H30N8O2. The molecule has 1 amide bonds. The normalized spacial score (nSPS) is 15.4. The van der Waals surface area contributed by atoms with Gasteiger partial charge in [0.1, 0.15) is 23.5 Å².